The molecule has 2 atom stereocenters. The number of carbonyl (C=O) groups is 1. The average molecular weight is 256 g/mol. The van der Waals surface area contributed by atoms with Crippen LogP contribution in [-0.2, 0) is 14.3 Å². The molecule has 0 aromatic rings. The Morgan fingerprint density at radius 3 is 2.83 bits per heavy atom. The van der Waals surface area contributed by atoms with E-state index >= 15 is 0 Å². The molecule has 0 aliphatic carbocycles. The number of likely N-dealkylation sites (tertiary alicyclic amines) is 1. The second-order valence-corrected chi connectivity index (χ2v) is 5.73. The molecule has 0 spiro atoms. The second kappa shape index (κ2) is 5.55. The molecule has 1 N–H and O–H groups in total. The van der Waals surface area contributed by atoms with E-state index in [2.05, 4.69) is 19.2 Å². The minimum absolute atomic E-state index is 0.0597. The van der Waals surface area contributed by atoms with Crippen LogP contribution in [-0.4, -0.2) is 62.9 Å². The van der Waals surface area contributed by atoms with Gasteiger partial charge >= 0.3 is 0 Å². The molecular weight excluding hydrogens is 232 g/mol. The maximum atomic E-state index is 12.2. The molecule has 0 aromatic carbocycles. The summed E-state index contributed by atoms with van der Waals surface area (Å²) in [7, 11) is 1.63. The van der Waals surface area contributed by atoms with Crippen molar-refractivity contribution in [2.75, 3.05) is 46.6 Å². The number of methoxy groups -OCH3 is 1. The van der Waals surface area contributed by atoms with Crippen LogP contribution in [0.1, 0.15) is 13.8 Å². The fraction of sp³-hybridized carbons (Fsp3) is 0.923. The normalized spacial score (nSPS) is 29.6. The molecule has 104 valence electrons. The molecule has 2 fully saturated rings. The zero-order valence-electron chi connectivity index (χ0n) is 11.6. The Kier molecular flexibility index (Phi) is 4.25. The number of rotatable bonds is 5. The fourth-order valence-electron chi connectivity index (χ4n) is 3.22. The maximum absolute atomic E-state index is 12.2. The highest BCUT2D eigenvalue weighted by Crippen LogP contribution is 2.40. The van der Waals surface area contributed by atoms with Crippen molar-refractivity contribution in [3.63, 3.8) is 0 Å². The van der Waals surface area contributed by atoms with Crippen LogP contribution in [0, 0.1) is 11.8 Å². The van der Waals surface area contributed by atoms with Crippen LogP contribution in [0.4, 0.5) is 0 Å². The standard InChI is InChI=1S/C13H24N2O3/c1-13(2)11-7-14-6-10(11)8-15(13)12(16)9-18-5-4-17-3/h10-11,14H,4-9H2,1-3H3. The molecule has 2 unspecified atom stereocenters. The summed E-state index contributed by atoms with van der Waals surface area (Å²) in [4.78, 5) is 14.2. The predicted molar refractivity (Wildman–Crippen MR) is 68.3 cm³/mol. The third-order valence-corrected chi connectivity index (χ3v) is 4.32. The molecule has 5 nitrogen and oxygen atoms in total. The largest absolute Gasteiger partial charge is 0.382 e. The van der Waals surface area contributed by atoms with Gasteiger partial charge in [0.25, 0.3) is 0 Å². The average Bonchev–Trinajstić information content (AvgIpc) is 2.87. The van der Waals surface area contributed by atoms with Crippen molar-refractivity contribution in [1.82, 2.24) is 10.2 Å². The molecule has 2 saturated heterocycles. The van der Waals surface area contributed by atoms with E-state index in [1.54, 1.807) is 7.11 Å². The summed E-state index contributed by atoms with van der Waals surface area (Å²) in [6.07, 6.45) is 0. The monoisotopic (exact) mass is 256 g/mol. The molecule has 0 saturated carbocycles. The third kappa shape index (κ3) is 2.53. The zero-order chi connectivity index (χ0) is 13.2. The first-order chi connectivity index (χ1) is 8.57. The molecule has 2 aliphatic heterocycles. The van der Waals surface area contributed by atoms with Gasteiger partial charge in [0.1, 0.15) is 6.61 Å². The number of fused-ring (bicyclic) bond motifs is 1. The number of hydrogen-bond acceptors (Lipinski definition) is 4. The van der Waals surface area contributed by atoms with Crippen molar-refractivity contribution in [3.05, 3.63) is 0 Å². The molecular formula is C13H24N2O3. The Morgan fingerprint density at radius 2 is 2.17 bits per heavy atom. The minimum atomic E-state index is -0.0597. The van der Waals surface area contributed by atoms with Crippen molar-refractivity contribution >= 4 is 5.91 Å². The summed E-state index contributed by atoms with van der Waals surface area (Å²) in [6.45, 7) is 8.41. The molecule has 0 bridgehead atoms. The Bertz CT molecular complexity index is 307. The quantitative estimate of drug-likeness (QED) is 0.709. The number of amides is 1. The number of nitrogens with one attached hydrogen (secondary N) is 1. The number of ether oxygens (including phenoxy) is 2. The van der Waals surface area contributed by atoms with Gasteiger partial charge in [0, 0.05) is 32.3 Å². The minimum Gasteiger partial charge on any atom is -0.382 e. The van der Waals surface area contributed by atoms with Crippen LogP contribution in [0.5, 0.6) is 0 Å². The van der Waals surface area contributed by atoms with Gasteiger partial charge in [-0.05, 0) is 25.7 Å². The molecule has 2 heterocycles. The van der Waals surface area contributed by atoms with Crippen LogP contribution >= 0.6 is 0 Å². The van der Waals surface area contributed by atoms with Crippen molar-refractivity contribution in [2.24, 2.45) is 11.8 Å². The lowest BCUT2D eigenvalue weighted by Crippen LogP contribution is -2.48. The topological polar surface area (TPSA) is 50.8 Å². The van der Waals surface area contributed by atoms with Gasteiger partial charge in [0.05, 0.1) is 13.2 Å². The van der Waals surface area contributed by atoms with E-state index in [0.717, 1.165) is 19.6 Å². The van der Waals surface area contributed by atoms with E-state index in [1.807, 2.05) is 4.90 Å². The lowest BCUT2D eigenvalue weighted by Gasteiger charge is -2.35. The summed E-state index contributed by atoms with van der Waals surface area (Å²) >= 11 is 0. The van der Waals surface area contributed by atoms with E-state index in [4.69, 9.17) is 9.47 Å². The zero-order valence-corrected chi connectivity index (χ0v) is 11.6. The third-order valence-electron chi connectivity index (χ3n) is 4.32. The molecule has 18 heavy (non-hydrogen) atoms. The summed E-state index contributed by atoms with van der Waals surface area (Å²) in [5, 5.41) is 3.41. The van der Waals surface area contributed by atoms with Crippen molar-refractivity contribution in [1.29, 1.82) is 0 Å². The Hall–Kier alpha value is -0.650. The summed E-state index contributed by atoms with van der Waals surface area (Å²) in [6, 6.07) is 0. The van der Waals surface area contributed by atoms with Crippen molar-refractivity contribution < 1.29 is 14.3 Å². The van der Waals surface area contributed by atoms with Crippen LogP contribution in [0.3, 0.4) is 0 Å². The first-order valence-corrected chi connectivity index (χ1v) is 6.65. The van der Waals surface area contributed by atoms with E-state index in [1.165, 1.54) is 0 Å². The van der Waals surface area contributed by atoms with Gasteiger partial charge in [-0.1, -0.05) is 0 Å². The highest BCUT2D eigenvalue weighted by molar-refractivity contribution is 5.78. The second-order valence-electron chi connectivity index (χ2n) is 5.73. The van der Waals surface area contributed by atoms with Crippen LogP contribution in [0.25, 0.3) is 0 Å². The lowest BCUT2D eigenvalue weighted by atomic mass is 9.85. The van der Waals surface area contributed by atoms with Gasteiger partial charge in [-0.15, -0.1) is 0 Å². The smallest absolute Gasteiger partial charge is 0.249 e. The Labute approximate surface area is 109 Å². The number of hydrogen-bond donors (Lipinski definition) is 1. The van der Waals surface area contributed by atoms with Crippen LogP contribution in [0.2, 0.25) is 0 Å². The van der Waals surface area contributed by atoms with Gasteiger partial charge in [0.2, 0.25) is 5.91 Å². The summed E-state index contributed by atoms with van der Waals surface area (Å²) < 4.78 is 10.2. The van der Waals surface area contributed by atoms with E-state index < -0.39 is 0 Å². The predicted octanol–water partition coefficient (Wildman–Crippen LogP) is 0.106. The van der Waals surface area contributed by atoms with E-state index in [9.17, 15) is 4.79 Å². The first kappa shape index (κ1) is 13.8. The van der Waals surface area contributed by atoms with Gasteiger partial charge < -0.3 is 19.7 Å². The number of carbonyl (C=O) groups excluding carboxylic acids is 1. The Morgan fingerprint density at radius 1 is 1.39 bits per heavy atom. The highest BCUT2D eigenvalue weighted by Gasteiger charge is 2.51. The van der Waals surface area contributed by atoms with E-state index in [0.29, 0.717) is 25.0 Å². The fourth-order valence-corrected chi connectivity index (χ4v) is 3.22. The summed E-state index contributed by atoms with van der Waals surface area (Å²) in [5.74, 6) is 1.27. The Balaban J connectivity index is 1.87. The van der Waals surface area contributed by atoms with Gasteiger partial charge in [0.15, 0.2) is 0 Å². The van der Waals surface area contributed by atoms with Crippen molar-refractivity contribution in [3.8, 4) is 0 Å². The van der Waals surface area contributed by atoms with Gasteiger partial charge in [-0.2, -0.15) is 0 Å². The van der Waals surface area contributed by atoms with E-state index in [-0.39, 0.29) is 18.1 Å². The highest BCUT2D eigenvalue weighted by atomic mass is 16.5. The van der Waals surface area contributed by atoms with Gasteiger partial charge in [-0.3, -0.25) is 4.79 Å². The van der Waals surface area contributed by atoms with Crippen LogP contribution in [0.15, 0.2) is 0 Å². The molecule has 1 amide bonds. The maximum Gasteiger partial charge on any atom is 0.249 e. The lowest BCUT2D eigenvalue weighted by molar-refractivity contribution is -0.140. The first-order valence-electron chi connectivity index (χ1n) is 6.65. The molecule has 5 heteroatoms. The van der Waals surface area contributed by atoms with Crippen molar-refractivity contribution in [2.45, 2.75) is 19.4 Å². The molecule has 2 rings (SSSR count). The van der Waals surface area contributed by atoms with Crippen LogP contribution < -0.4 is 5.32 Å². The molecule has 0 radical (unpaired) electrons. The summed E-state index contributed by atoms with van der Waals surface area (Å²) in [5.41, 5.74) is -0.0597. The molecule has 2 aliphatic rings. The number of nitrogens with zero attached hydrogens (tertiary/aromatic N) is 1. The molecule has 0 aromatic heterocycles. The SMILES string of the molecule is COCCOCC(=O)N1CC2CNCC2C1(C)C. The van der Waals surface area contributed by atoms with Gasteiger partial charge in [-0.25, -0.2) is 0 Å².